The standard InChI is InChI=1S/C19H21NO6/c1-10-15(25-11(2)18(23)20-9-16(21)22)8-7-13-12-5-3-4-6-14(12)19(24)26-17(10)13/h7-8,11H,3-6,9H2,1-2H3,(H,20,23)(H,21,22)/p-1/t11-/m1/s1. The van der Waals surface area contributed by atoms with Gasteiger partial charge in [0.2, 0.25) is 0 Å². The van der Waals surface area contributed by atoms with Crippen LogP contribution in [-0.4, -0.2) is 24.5 Å². The monoisotopic (exact) mass is 358 g/mol. The maximum atomic E-state index is 12.3. The molecule has 0 unspecified atom stereocenters. The molecule has 2 aromatic rings. The topological polar surface area (TPSA) is 109 Å². The van der Waals surface area contributed by atoms with Crippen LogP contribution < -0.4 is 20.8 Å². The van der Waals surface area contributed by atoms with Gasteiger partial charge in [-0.05, 0) is 57.2 Å². The molecule has 0 saturated carbocycles. The molecule has 1 N–H and O–H groups in total. The first-order valence-corrected chi connectivity index (χ1v) is 8.61. The van der Waals surface area contributed by atoms with Crippen LogP contribution in [0.5, 0.6) is 5.75 Å². The number of carbonyl (C=O) groups is 2. The highest BCUT2D eigenvalue weighted by molar-refractivity contribution is 5.87. The Bertz CT molecular complexity index is 930. The molecule has 7 nitrogen and oxygen atoms in total. The van der Waals surface area contributed by atoms with Crippen molar-refractivity contribution in [2.24, 2.45) is 0 Å². The highest BCUT2D eigenvalue weighted by Crippen LogP contribution is 2.32. The smallest absolute Gasteiger partial charge is 0.339 e. The van der Waals surface area contributed by atoms with E-state index in [9.17, 15) is 19.5 Å². The van der Waals surface area contributed by atoms with Gasteiger partial charge in [0.1, 0.15) is 11.3 Å². The first-order valence-electron chi connectivity index (χ1n) is 8.61. The van der Waals surface area contributed by atoms with Crippen LogP contribution in [0, 0.1) is 6.92 Å². The summed E-state index contributed by atoms with van der Waals surface area (Å²) in [5, 5.41) is 13.5. The Kier molecular flexibility index (Phi) is 4.97. The largest absolute Gasteiger partial charge is 0.548 e. The number of fused-ring (bicyclic) bond motifs is 3. The van der Waals surface area contributed by atoms with Crippen molar-refractivity contribution >= 4 is 22.8 Å². The maximum absolute atomic E-state index is 12.3. The lowest BCUT2D eigenvalue weighted by molar-refractivity contribution is -0.304. The summed E-state index contributed by atoms with van der Waals surface area (Å²) >= 11 is 0. The second kappa shape index (κ2) is 7.19. The number of carbonyl (C=O) groups excluding carboxylic acids is 2. The van der Waals surface area contributed by atoms with Crippen LogP contribution in [0.25, 0.3) is 11.0 Å². The number of aliphatic carboxylic acids is 1. The van der Waals surface area contributed by atoms with Crippen molar-refractivity contribution in [3.05, 3.63) is 39.2 Å². The Morgan fingerprint density at radius 2 is 1.96 bits per heavy atom. The molecule has 26 heavy (non-hydrogen) atoms. The number of nitrogens with one attached hydrogen (secondary N) is 1. The van der Waals surface area contributed by atoms with Gasteiger partial charge in [0.15, 0.2) is 6.10 Å². The molecule has 0 spiro atoms. The van der Waals surface area contributed by atoms with Gasteiger partial charge in [0.05, 0.1) is 12.5 Å². The molecule has 7 heteroatoms. The Labute approximate surface area is 150 Å². The molecule has 0 saturated heterocycles. The molecule has 0 fully saturated rings. The quantitative estimate of drug-likeness (QED) is 0.785. The highest BCUT2D eigenvalue weighted by Gasteiger charge is 2.21. The normalized spacial score (nSPS) is 14.5. The third kappa shape index (κ3) is 3.42. The van der Waals surface area contributed by atoms with E-state index in [2.05, 4.69) is 5.32 Å². The molecule has 3 rings (SSSR count). The summed E-state index contributed by atoms with van der Waals surface area (Å²) in [6.45, 7) is 2.70. The number of hydrogen-bond acceptors (Lipinski definition) is 6. The molecule has 0 radical (unpaired) electrons. The Morgan fingerprint density at radius 3 is 2.65 bits per heavy atom. The Hall–Kier alpha value is -2.83. The fourth-order valence-electron chi connectivity index (χ4n) is 3.30. The number of rotatable bonds is 5. The van der Waals surface area contributed by atoms with Crippen molar-refractivity contribution < 1.29 is 23.8 Å². The number of amides is 1. The third-order valence-corrected chi connectivity index (χ3v) is 4.67. The van der Waals surface area contributed by atoms with Crippen LogP contribution in [0.3, 0.4) is 0 Å². The molecule has 0 aliphatic heterocycles. The van der Waals surface area contributed by atoms with Crippen molar-refractivity contribution in [3.63, 3.8) is 0 Å². The summed E-state index contributed by atoms with van der Waals surface area (Å²) in [5.41, 5.74) is 2.58. The number of carboxylic acid groups (broad SMARTS) is 1. The van der Waals surface area contributed by atoms with Crippen molar-refractivity contribution in [3.8, 4) is 5.75 Å². The van der Waals surface area contributed by atoms with E-state index in [1.807, 2.05) is 6.07 Å². The Morgan fingerprint density at radius 1 is 1.27 bits per heavy atom. The van der Waals surface area contributed by atoms with Gasteiger partial charge in [-0.25, -0.2) is 4.79 Å². The van der Waals surface area contributed by atoms with E-state index in [-0.39, 0.29) is 5.63 Å². The number of aryl methyl sites for hydroxylation is 2. The lowest BCUT2D eigenvalue weighted by atomic mass is 9.90. The van der Waals surface area contributed by atoms with Crippen molar-refractivity contribution in [1.29, 1.82) is 0 Å². The molecule has 138 valence electrons. The fraction of sp³-hybridized carbons (Fsp3) is 0.421. The van der Waals surface area contributed by atoms with E-state index in [4.69, 9.17) is 9.15 Å². The lowest BCUT2D eigenvalue weighted by Crippen LogP contribution is -2.43. The van der Waals surface area contributed by atoms with Crippen LogP contribution in [0.2, 0.25) is 0 Å². The number of ether oxygens (including phenoxy) is 1. The number of carboxylic acids is 1. The second-order valence-corrected chi connectivity index (χ2v) is 6.47. The first kappa shape index (κ1) is 18.0. The van der Waals surface area contributed by atoms with Crippen molar-refractivity contribution in [2.75, 3.05) is 6.54 Å². The van der Waals surface area contributed by atoms with Crippen LogP contribution in [0.4, 0.5) is 0 Å². The van der Waals surface area contributed by atoms with Crippen LogP contribution in [0.15, 0.2) is 21.3 Å². The molecule has 1 aliphatic carbocycles. The molecule has 1 aromatic heterocycles. The number of hydrogen-bond donors (Lipinski definition) is 1. The molecule has 0 bridgehead atoms. The SMILES string of the molecule is Cc1c(O[C@H](C)C(=O)NCC(=O)[O-])ccc2c3c(c(=O)oc12)CCCC3. The molecule has 1 aromatic carbocycles. The molecule has 1 aliphatic rings. The molecular weight excluding hydrogens is 338 g/mol. The van der Waals surface area contributed by atoms with Crippen molar-refractivity contribution in [2.45, 2.75) is 45.6 Å². The van der Waals surface area contributed by atoms with E-state index >= 15 is 0 Å². The molecule has 1 atom stereocenters. The summed E-state index contributed by atoms with van der Waals surface area (Å²) < 4.78 is 11.2. The third-order valence-electron chi connectivity index (χ3n) is 4.67. The van der Waals surface area contributed by atoms with Crippen LogP contribution in [-0.2, 0) is 22.4 Å². The van der Waals surface area contributed by atoms with E-state index in [1.54, 1.807) is 13.0 Å². The molecular formula is C19H20NO6-. The van der Waals surface area contributed by atoms with Gasteiger partial charge in [-0.15, -0.1) is 0 Å². The van der Waals surface area contributed by atoms with E-state index in [0.717, 1.165) is 42.2 Å². The average molecular weight is 358 g/mol. The predicted molar refractivity (Wildman–Crippen MR) is 92.0 cm³/mol. The van der Waals surface area contributed by atoms with E-state index in [1.165, 1.54) is 6.92 Å². The summed E-state index contributed by atoms with van der Waals surface area (Å²) in [5.74, 6) is -1.54. The van der Waals surface area contributed by atoms with Gasteiger partial charge in [0, 0.05) is 16.5 Å². The molecule has 1 amide bonds. The van der Waals surface area contributed by atoms with Gasteiger partial charge in [-0.3, -0.25) is 4.79 Å². The van der Waals surface area contributed by atoms with Gasteiger partial charge >= 0.3 is 5.63 Å². The number of benzene rings is 1. The van der Waals surface area contributed by atoms with Crippen LogP contribution >= 0.6 is 0 Å². The average Bonchev–Trinajstić information content (AvgIpc) is 2.62. The fourth-order valence-corrected chi connectivity index (χ4v) is 3.30. The highest BCUT2D eigenvalue weighted by atomic mass is 16.5. The van der Waals surface area contributed by atoms with Crippen molar-refractivity contribution in [1.82, 2.24) is 5.32 Å². The van der Waals surface area contributed by atoms with Crippen LogP contribution in [0.1, 0.15) is 36.5 Å². The van der Waals surface area contributed by atoms with E-state index < -0.39 is 24.5 Å². The lowest BCUT2D eigenvalue weighted by Gasteiger charge is -2.19. The maximum Gasteiger partial charge on any atom is 0.339 e. The minimum absolute atomic E-state index is 0.313. The van der Waals surface area contributed by atoms with Gasteiger partial charge in [-0.1, -0.05) is 0 Å². The van der Waals surface area contributed by atoms with Gasteiger partial charge < -0.3 is 24.4 Å². The summed E-state index contributed by atoms with van der Waals surface area (Å²) in [6.07, 6.45) is 2.70. The zero-order valence-corrected chi connectivity index (χ0v) is 14.7. The summed E-state index contributed by atoms with van der Waals surface area (Å²) in [4.78, 5) is 34.6. The summed E-state index contributed by atoms with van der Waals surface area (Å²) in [7, 11) is 0. The molecule has 1 heterocycles. The minimum Gasteiger partial charge on any atom is -0.548 e. The van der Waals surface area contributed by atoms with Gasteiger partial charge in [-0.2, -0.15) is 0 Å². The first-order chi connectivity index (χ1) is 12.4. The van der Waals surface area contributed by atoms with Gasteiger partial charge in [0.25, 0.3) is 5.91 Å². The second-order valence-electron chi connectivity index (χ2n) is 6.47. The zero-order chi connectivity index (χ0) is 18.8. The predicted octanol–water partition coefficient (Wildman–Crippen LogP) is 0.614. The Balaban J connectivity index is 1.91. The minimum atomic E-state index is -1.38. The zero-order valence-electron chi connectivity index (χ0n) is 14.7. The van der Waals surface area contributed by atoms with E-state index in [0.29, 0.717) is 16.9 Å². The summed E-state index contributed by atoms with van der Waals surface area (Å²) in [6, 6.07) is 3.59.